The molecule has 0 aliphatic carbocycles. The quantitative estimate of drug-likeness (QED) is 0.672. The lowest BCUT2D eigenvalue weighted by molar-refractivity contribution is -0.117. The Hall–Kier alpha value is -2.91. The molecule has 3 heterocycles. The average molecular weight is 401 g/mol. The summed E-state index contributed by atoms with van der Waals surface area (Å²) in [5.41, 5.74) is -0.0666. The molecule has 1 amide bonds. The molecule has 1 aromatic carbocycles. The van der Waals surface area contributed by atoms with E-state index in [9.17, 15) is 19.1 Å². The van der Waals surface area contributed by atoms with Crippen LogP contribution in [0.25, 0.3) is 0 Å². The van der Waals surface area contributed by atoms with Gasteiger partial charge in [-0.25, -0.2) is 4.39 Å². The van der Waals surface area contributed by atoms with Crippen molar-refractivity contribution < 1.29 is 19.1 Å². The Morgan fingerprint density at radius 1 is 1.22 bits per heavy atom. The summed E-state index contributed by atoms with van der Waals surface area (Å²) in [4.78, 5) is 27.3. The van der Waals surface area contributed by atoms with Gasteiger partial charge in [0.25, 0.3) is 5.91 Å². The van der Waals surface area contributed by atoms with E-state index < -0.39 is 29.3 Å². The van der Waals surface area contributed by atoms with Crippen molar-refractivity contribution in [2.24, 2.45) is 0 Å². The van der Waals surface area contributed by atoms with Crippen molar-refractivity contribution in [1.82, 2.24) is 10.2 Å². The zero-order valence-electron chi connectivity index (χ0n) is 13.9. The van der Waals surface area contributed by atoms with Crippen LogP contribution in [0.4, 0.5) is 9.52 Å². The number of aliphatic hydroxyl groups is 1. The minimum absolute atomic E-state index is 0.0997. The number of anilines is 1. The number of rotatable bonds is 4. The Balaban J connectivity index is 1.91. The first-order valence-corrected chi connectivity index (χ1v) is 9.58. The van der Waals surface area contributed by atoms with Gasteiger partial charge in [-0.3, -0.25) is 14.5 Å². The maximum absolute atomic E-state index is 14.6. The molecule has 0 bridgehead atoms. The predicted octanol–water partition coefficient (Wildman–Crippen LogP) is 3.83. The van der Waals surface area contributed by atoms with Crippen LogP contribution in [0.5, 0.6) is 0 Å². The van der Waals surface area contributed by atoms with Crippen molar-refractivity contribution in [1.29, 1.82) is 0 Å². The largest absolute Gasteiger partial charge is 0.503 e. The number of carbonyl (C=O) groups excluding carboxylic acids is 2. The fourth-order valence-corrected chi connectivity index (χ4v) is 4.34. The van der Waals surface area contributed by atoms with Crippen molar-refractivity contribution in [2.45, 2.75) is 13.0 Å². The van der Waals surface area contributed by atoms with E-state index >= 15 is 0 Å². The Bertz CT molecular complexity index is 1080. The molecular weight excluding hydrogens is 389 g/mol. The Labute approximate surface area is 161 Å². The van der Waals surface area contributed by atoms with Gasteiger partial charge >= 0.3 is 0 Å². The number of nitrogens with zero attached hydrogens (tertiary/aromatic N) is 3. The second-order valence-corrected chi connectivity index (χ2v) is 7.88. The number of hydrogen-bond acceptors (Lipinski definition) is 7. The van der Waals surface area contributed by atoms with Gasteiger partial charge in [0.15, 0.2) is 5.76 Å². The molecule has 1 N–H and O–H groups in total. The second-order valence-electron chi connectivity index (χ2n) is 5.77. The van der Waals surface area contributed by atoms with Gasteiger partial charge in [0.05, 0.1) is 10.5 Å². The molecule has 0 spiro atoms. The maximum Gasteiger partial charge on any atom is 0.296 e. The van der Waals surface area contributed by atoms with Crippen molar-refractivity contribution in [3.63, 3.8) is 0 Å². The second kappa shape index (κ2) is 6.67. The number of aliphatic hydroxyl groups excluding tert-OH is 1. The Morgan fingerprint density at radius 2 is 2.00 bits per heavy atom. The lowest BCUT2D eigenvalue weighted by atomic mass is 9.95. The van der Waals surface area contributed by atoms with E-state index in [0.717, 1.165) is 16.2 Å². The molecule has 0 saturated carbocycles. The monoisotopic (exact) mass is 401 g/mol. The first-order valence-electron chi connectivity index (χ1n) is 7.88. The highest BCUT2D eigenvalue weighted by molar-refractivity contribution is 7.15. The normalized spacial score (nSPS) is 17.0. The van der Waals surface area contributed by atoms with Crippen molar-refractivity contribution in [3.8, 4) is 0 Å². The predicted molar refractivity (Wildman–Crippen MR) is 99.6 cm³/mol. The van der Waals surface area contributed by atoms with E-state index in [4.69, 9.17) is 0 Å². The van der Waals surface area contributed by atoms with Crippen molar-refractivity contribution in [2.75, 3.05) is 4.90 Å². The minimum atomic E-state index is -1.12. The fourth-order valence-electron chi connectivity index (χ4n) is 2.95. The van der Waals surface area contributed by atoms with Crippen LogP contribution in [0.2, 0.25) is 0 Å². The van der Waals surface area contributed by atoms with E-state index in [1.165, 1.54) is 29.5 Å². The van der Waals surface area contributed by atoms with Crippen molar-refractivity contribution in [3.05, 3.63) is 74.4 Å². The Kier molecular flexibility index (Phi) is 4.33. The maximum atomic E-state index is 14.6. The van der Waals surface area contributed by atoms with Crippen LogP contribution < -0.4 is 4.90 Å². The summed E-state index contributed by atoms with van der Waals surface area (Å²) in [6, 6.07) is 8.00. The number of halogens is 1. The van der Waals surface area contributed by atoms with Gasteiger partial charge in [0.2, 0.25) is 10.9 Å². The van der Waals surface area contributed by atoms with Gasteiger partial charge < -0.3 is 5.11 Å². The van der Waals surface area contributed by atoms with E-state index in [0.29, 0.717) is 9.88 Å². The standard InChI is InChI=1S/C18H12FN3O3S2/c1-9-20-21-18(27-9)22-14(10-5-2-3-6-11(10)19)13(16(24)17(22)25)15(23)12-7-4-8-26-12/h2-8,14,24H,1H3. The molecule has 0 radical (unpaired) electrons. The van der Waals surface area contributed by atoms with Gasteiger partial charge in [-0.1, -0.05) is 35.6 Å². The van der Waals surface area contributed by atoms with Gasteiger partial charge in [-0.05, 0) is 24.4 Å². The molecule has 1 aliphatic rings. The smallest absolute Gasteiger partial charge is 0.296 e. The highest BCUT2D eigenvalue weighted by Gasteiger charge is 2.47. The number of amides is 1. The molecule has 1 unspecified atom stereocenters. The van der Waals surface area contributed by atoms with E-state index in [1.54, 1.807) is 30.5 Å². The van der Waals surface area contributed by atoms with Crippen molar-refractivity contribution >= 4 is 39.5 Å². The molecule has 0 fully saturated rings. The summed E-state index contributed by atoms with van der Waals surface area (Å²) >= 11 is 2.30. The molecule has 27 heavy (non-hydrogen) atoms. The third kappa shape index (κ3) is 2.84. The number of hydrogen-bond donors (Lipinski definition) is 1. The lowest BCUT2D eigenvalue weighted by Gasteiger charge is -2.24. The summed E-state index contributed by atoms with van der Waals surface area (Å²) in [5, 5.41) is 20.8. The van der Waals surface area contributed by atoms with Crippen LogP contribution in [-0.4, -0.2) is 27.0 Å². The summed E-state index contributed by atoms with van der Waals surface area (Å²) in [7, 11) is 0. The molecule has 0 saturated heterocycles. The SMILES string of the molecule is Cc1nnc(N2C(=O)C(O)=C(C(=O)c3cccs3)C2c2ccccc2F)s1. The Morgan fingerprint density at radius 3 is 2.63 bits per heavy atom. The highest BCUT2D eigenvalue weighted by atomic mass is 32.1. The number of Topliss-reactive ketones (excluding diaryl/α,β-unsaturated/α-hetero) is 1. The summed E-state index contributed by atoms with van der Waals surface area (Å²) in [5.74, 6) is -2.62. The third-order valence-electron chi connectivity index (χ3n) is 4.12. The topological polar surface area (TPSA) is 83.4 Å². The summed E-state index contributed by atoms with van der Waals surface area (Å²) in [6.45, 7) is 1.71. The molecule has 3 aromatic rings. The zero-order valence-corrected chi connectivity index (χ0v) is 15.6. The van der Waals surface area contributed by atoms with E-state index in [-0.39, 0.29) is 16.3 Å². The number of carbonyl (C=O) groups is 2. The number of aryl methyl sites for hydroxylation is 1. The summed E-state index contributed by atoms with van der Waals surface area (Å²) in [6.07, 6.45) is 0. The van der Waals surface area contributed by atoms with Gasteiger partial charge in [-0.2, -0.15) is 0 Å². The van der Waals surface area contributed by atoms with Gasteiger partial charge in [0, 0.05) is 5.56 Å². The molecule has 1 atom stereocenters. The number of benzene rings is 1. The van der Waals surface area contributed by atoms with E-state index in [2.05, 4.69) is 10.2 Å². The molecule has 1 aliphatic heterocycles. The first-order chi connectivity index (χ1) is 13.0. The zero-order chi connectivity index (χ0) is 19.1. The molecule has 9 heteroatoms. The first kappa shape index (κ1) is 17.5. The van der Waals surface area contributed by atoms with Crippen LogP contribution in [0.15, 0.2) is 53.1 Å². The van der Waals surface area contributed by atoms with Crippen LogP contribution in [0.3, 0.4) is 0 Å². The average Bonchev–Trinajstić information content (AvgIpc) is 3.37. The van der Waals surface area contributed by atoms with Gasteiger partial charge in [-0.15, -0.1) is 21.5 Å². The minimum Gasteiger partial charge on any atom is -0.503 e. The molecule has 6 nitrogen and oxygen atoms in total. The van der Waals surface area contributed by atoms with Crippen LogP contribution in [0, 0.1) is 12.7 Å². The van der Waals surface area contributed by atoms with Crippen LogP contribution in [-0.2, 0) is 4.79 Å². The number of aromatic nitrogens is 2. The molecule has 136 valence electrons. The fraction of sp³-hybridized carbons (Fsp3) is 0.111. The highest BCUT2D eigenvalue weighted by Crippen LogP contribution is 2.43. The van der Waals surface area contributed by atoms with E-state index in [1.807, 2.05) is 0 Å². The molecule has 4 rings (SSSR count). The molecule has 2 aromatic heterocycles. The molecular formula is C18H12FN3O3S2. The van der Waals surface area contributed by atoms with Crippen LogP contribution in [0.1, 0.15) is 26.3 Å². The number of thiophene rings is 1. The van der Waals surface area contributed by atoms with Gasteiger partial charge in [0.1, 0.15) is 16.9 Å². The third-order valence-corrected chi connectivity index (χ3v) is 5.83. The lowest BCUT2D eigenvalue weighted by Crippen LogP contribution is -2.31. The van der Waals surface area contributed by atoms with Crippen LogP contribution >= 0.6 is 22.7 Å². The number of ketones is 1. The summed E-state index contributed by atoms with van der Waals surface area (Å²) < 4.78 is 14.6.